The molecule has 0 aromatic heterocycles. The summed E-state index contributed by atoms with van der Waals surface area (Å²) in [6, 6.07) is 10.6. The summed E-state index contributed by atoms with van der Waals surface area (Å²) in [7, 11) is 0. The van der Waals surface area contributed by atoms with Crippen LogP contribution in [0.4, 0.5) is 9.59 Å². The van der Waals surface area contributed by atoms with E-state index in [2.05, 4.69) is 40.5 Å². The Morgan fingerprint density at radius 3 is 1.97 bits per heavy atom. The Morgan fingerprint density at radius 2 is 1.43 bits per heavy atom. The first-order valence-electron chi connectivity index (χ1n) is 13.1. The van der Waals surface area contributed by atoms with Crippen LogP contribution in [0.25, 0.3) is 0 Å². The Hall–Kier alpha value is -2.32. The molecule has 0 saturated carbocycles. The molecule has 194 valence electrons. The van der Waals surface area contributed by atoms with Crippen molar-refractivity contribution in [3.63, 3.8) is 0 Å². The number of hydrogen-bond acceptors (Lipinski definition) is 5. The number of benzene rings is 1. The number of carbonyl (C=O) groups is 2. The van der Waals surface area contributed by atoms with Crippen molar-refractivity contribution in [3.05, 3.63) is 35.9 Å². The molecule has 2 amide bonds. The third-order valence-electron chi connectivity index (χ3n) is 7.32. The summed E-state index contributed by atoms with van der Waals surface area (Å²) < 4.78 is 5.54. The van der Waals surface area contributed by atoms with Crippen molar-refractivity contribution in [3.8, 4) is 0 Å². The van der Waals surface area contributed by atoms with Crippen LogP contribution in [-0.2, 0) is 11.3 Å². The number of ether oxygens (including phenoxy) is 1. The van der Waals surface area contributed by atoms with Gasteiger partial charge < -0.3 is 25.0 Å². The smallest absolute Gasteiger partial charge is 0.410 e. The van der Waals surface area contributed by atoms with E-state index >= 15 is 0 Å². The molecule has 8 heteroatoms. The summed E-state index contributed by atoms with van der Waals surface area (Å²) >= 11 is 0. The number of fused-ring (bicyclic) bond motifs is 4. The van der Waals surface area contributed by atoms with Crippen molar-refractivity contribution in [2.45, 2.75) is 45.8 Å². The van der Waals surface area contributed by atoms with Gasteiger partial charge >= 0.3 is 12.2 Å². The fraction of sp³-hybridized carbons (Fsp3) is 0.704. The lowest BCUT2D eigenvalue weighted by atomic mass is 9.84. The molecule has 4 fully saturated rings. The number of carbonyl (C=O) groups excluding carboxylic acids is 1. The van der Waals surface area contributed by atoms with Gasteiger partial charge in [0.2, 0.25) is 0 Å². The number of amides is 2. The summed E-state index contributed by atoms with van der Waals surface area (Å²) in [6.07, 6.45) is 1.54. The fourth-order valence-corrected chi connectivity index (χ4v) is 6.10. The molecular formula is C27H42N4O4. The van der Waals surface area contributed by atoms with Crippen molar-refractivity contribution in [2.24, 2.45) is 23.7 Å². The Bertz CT molecular complexity index is 832. The average Bonchev–Trinajstić information content (AvgIpc) is 2.78. The second-order valence-corrected chi connectivity index (χ2v) is 11.8. The molecule has 4 heterocycles. The third kappa shape index (κ3) is 7.58. The number of carboxylic acid groups (broad SMARTS) is 1. The summed E-state index contributed by atoms with van der Waals surface area (Å²) in [5, 5.41) is 12.1. The molecule has 4 atom stereocenters. The molecule has 0 radical (unpaired) electrons. The van der Waals surface area contributed by atoms with E-state index in [1.165, 1.54) is 18.4 Å². The average molecular weight is 487 g/mol. The minimum atomic E-state index is -0.758. The third-order valence-corrected chi connectivity index (χ3v) is 7.32. The van der Waals surface area contributed by atoms with Crippen LogP contribution in [0.2, 0.25) is 0 Å². The van der Waals surface area contributed by atoms with Gasteiger partial charge in [-0.25, -0.2) is 9.59 Å². The van der Waals surface area contributed by atoms with E-state index < -0.39 is 11.7 Å². The van der Waals surface area contributed by atoms with Gasteiger partial charge in [-0.1, -0.05) is 30.3 Å². The van der Waals surface area contributed by atoms with Gasteiger partial charge in [0.15, 0.2) is 0 Å². The maximum atomic E-state index is 12.3. The van der Waals surface area contributed by atoms with Crippen LogP contribution in [0.5, 0.6) is 0 Å². The van der Waals surface area contributed by atoms with Crippen LogP contribution in [0, 0.1) is 23.7 Å². The Balaban J connectivity index is 0.000000201. The van der Waals surface area contributed by atoms with E-state index in [0.717, 1.165) is 58.9 Å². The zero-order valence-electron chi connectivity index (χ0n) is 21.5. The summed E-state index contributed by atoms with van der Waals surface area (Å²) in [4.78, 5) is 29.0. The predicted molar refractivity (Wildman–Crippen MR) is 135 cm³/mol. The van der Waals surface area contributed by atoms with E-state index in [1.807, 2.05) is 25.7 Å². The van der Waals surface area contributed by atoms with Gasteiger partial charge in [0.05, 0.1) is 0 Å². The highest BCUT2D eigenvalue weighted by Gasteiger charge is 2.37. The lowest BCUT2D eigenvalue weighted by molar-refractivity contribution is -0.0108. The molecule has 4 unspecified atom stereocenters. The quantitative estimate of drug-likeness (QED) is 0.665. The molecule has 4 aliphatic rings. The molecule has 0 aliphatic carbocycles. The fourth-order valence-electron chi connectivity index (χ4n) is 6.10. The van der Waals surface area contributed by atoms with Gasteiger partial charge in [-0.2, -0.15) is 0 Å². The van der Waals surface area contributed by atoms with Gasteiger partial charge in [-0.05, 0) is 75.9 Å². The number of nitrogens with zero attached hydrogens (tertiary/aromatic N) is 3. The summed E-state index contributed by atoms with van der Waals surface area (Å²) in [5.41, 5.74) is 0.958. The Labute approximate surface area is 209 Å². The highest BCUT2D eigenvalue weighted by atomic mass is 16.6. The van der Waals surface area contributed by atoms with Crippen molar-refractivity contribution >= 4 is 12.2 Å². The number of hydrogen-bond donors (Lipinski definition) is 2. The molecule has 8 nitrogen and oxygen atoms in total. The lowest BCUT2D eigenvalue weighted by Gasteiger charge is -2.45. The second-order valence-electron chi connectivity index (χ2n) is 11.8. The first kappa shape index (κ1) is 25.8. The normalized spacial score (nSPS) is 28.5. The number of nitrogens with one attached hydrogen (secondary N) is 1. The van der Waals surface area contributed by atoms with Crippen molar-refractivity contribution < 1.29 is 19.4 Å². The van der Waals surface area contributed by atoms with Gasteiger partial charge in [-0.3, -0.25) is 4.90 Å². The van der Waals surface area contributed by atoms with Crippen LogP contribution in [0.15, 0.2) is 30.3 Å². The molecule has 4 bridgehead atoms. The minimum absolute atomic E-state index is 0.149. The van der Waals surface area contributed by atoms with E-state index in [0.29, 0.717) is 23.7 Å². The highest BCUT2D eigenvalue weighted by Crippen LogP contribution is 2.30. The van der Waals surface area contributed by atoms with E-state index in [1.54, 1.807) is 4.90 Å². The topological polar surface area (TPSA) is 85.3 Å². The molecule has 35 heavy (non-hydrogen) atoms. The molecular weight excluding hydrogens is 444 g/mol. The Morgan fingerprint density at radius 1 is 0.886 bits per heavy atom. The zero-order chi connectivity index (χ0) is 25.0. The second kappa shape index (κ2) is 11.2. The first-order valence-corrected chi connectivity index (χ1v) is 13.1. The molecule has 1 aromatic rings. The molecule has 5 rings (SSSR count). The molecule has 1 aromatic carbocycles. The minimum Gasteiger partial charge on any atom is -0.465 e. The highest BCUT2D eigenvalue weighted by molar-refractivity contribution is 5.68. The standard InChI is InChI=1S/C19H28N2O2.C8H14N2O2/c1-19(2,3)23-18(22)21-13-16-9-17(14-21)12-20(11-16)10-15-7-5-4-6-8-15;11-8(12)10-4-6-1-7(5-10)3-9-2-6/h4-8,16-17H,9-14H2,1-3H3;6-7,9H,1-5H2,(H,11,12). The van der Waals surface area contributed by atoms with E-state index in [4.69, 9.17) is 9.84 Å². The Kier molecular flexibility index (Phi) is 8.22. The number of piperidine rings is 4. The SMILES string of the molecule is CC(C)(C)OC(=O)N1CC2CC(CN(Cc3ccccc3)C2)C1.O=C(O)N1CC2CNCC(C2)C1. The molecule has 2 N–H and O–H groups in total. The zero-order valence-corrected chi connectivity index (χ0v) is 21.5. The maximum Gasteiger partial charge on any atom is 0.410 e. The van der Waals surface area contributed by atoms with Crippen molar-refractivity contribution in [1.29, 1.82) is 0 Å². The first-order chi connectivity index (χ1) is 16.6. The maximum absolute atomic E-state index is 12.3. The van der Waals surface area contributed by atoms with Crippen LogP contribution in [0.3, 0.4) is 0 Å². The number of rotatable bonds is 2. The summed E-state index contributed by atoms with van der Waals surface area (Å²) in [6.45, 7) is 14.0. The molecule has 4 saturated heterocycles. The van der Waals surface area contributed by atoms with Crippen molar-refractivity contribution in [1.82, 2.24) is 20.0 Å². The van der Waals surface area contributed by atoms with E-state index in [9.17, 15) is 9.59 Å². The number of likely N-dealkylation sites (tertiary alicyclic amines) is 3. The predicted octanol–water partition coefficient (Wildman–Crippen LogP) is 3.58. The molecule has 4 aliphatic heterocycles. The van der Waals surface area contributed by atoms with Crippen molar-refractivity contribution in [2.75, 3.05) is 52.4 Å². The van der Waals surface area contributed by atoms with Crippen LogP contribution < -0.4 is 5.32 Å². The van der Waals surface area contributed by atoms with Gasteiger partial charge in [0, 0.05) is 45.8 Å². The monoisotopic (exact) mass is 486 g/mol. The lowest BCUT2D eigenvalue weighted by Crippen LogP contribution is -2.54. The van der Waals surface area contributed by atoms with Gasteiger partial charge in [-0.15, -0.1) is 0 Å². The largest absolute Gasteiger partial charge is 0.465 e. The summed E-state index contributed by atoms with van der Waals surface area (Å²) in [5.74, 6) is 2.24. The van der Waals surface area contributed by atoms with Gasteiger partial charge in [0.25, 0.3) is 0 Å². The van der Waals surface area contributed by atoms with Gasteiger partial charge in [0.1, 0.15) is 5.60 Å². The van der Waals surface area contributed by atoms with Crippen LogP contribution in [-0.4, -0.2) is 90.0 Å². The molecule has 0 spiro atoms. The van der Waals surface area contributed by atoms with Crippen LogP contribution in [0.1, 0.15) is 39.2 Å². The van der Waals surface area contributed by atoms with E-state index in [-0.39, 0.29) is 6.09 Å². The van der Waals surface area contributed by atoms with Crippen LogP contribution >= 0.6 is 0 Å².